The lowest BCUT2D eigenvalue weighted by atomic mass is 10.3. The first kappa shape index (κ1) is 10.6. The highest BCUT2D eigenvalue weighted by molar-refractivity contribution is 7.96. The van der Waals surface area contributed by atoms with Crippen molar-refractivity contribution in [1.29, 1.82) is 0 Å². The van der Waals surface area contributed by atoms with E-state index >= 15 is 0 Å². The maximum Gasteiger partial charge on any atom is 0.273 e. The van der Waals surface area contributed by atoms with Gasteiger partial charge in [-0.15, -0.1) is 0 Å². The quantitative estimate of drug-likeness (QED) is 0.356. The zero-order chi connectivity index (χ0) is 9.56. The van der Waals surface area contributed by atoms with Gasteiger partial charge in [0, 0.05) is 11.4 Å². The lowest BCUT2D eigenvalue weighted by Crippen LogP contribution is -1.95. The van der Waals surface area contributed by atoms with Crippen LogP contribution in [0.4, 0.5) is 16.2 Å². The second-order valence-corrected chi connectivity index (χ2v) is 2.45. The van der Waals surface area contributed by atoms with E-state index in [9.17, 15) is 0 Å². The van der Waals surface area contributed by atoms with Gasteiger partial charge in [-0.2, -0.15) is 0 Å². The molecule has 1 aromatic carbocycles. The van der Waals surface area contributed by atoms with Crippen LogP contribution in [0.1, 0.15) is 0 Å². The first-order valence-electron chi connectivity index (χ1n) is 3.12. The van der Waals surface area contributed by atoms with Crippen LogP contribution in [0.5, 0.6) is 0 Å². The van der Waals surface area contributed by atoms with E-state index in [2.05, 4.69) is 18.4 Å². The van der Waals surface area contributed by atoms with Crippen LogP contribution in [0.25, 0.3) is 0 Å². The van der Waals surface area contributed by atoms with E-state index in [1.54, 1.807) is 24.3 Å². The lowest BCUT2D eigenvalue weighted by molar-refractivity contribution is 0.267. The Morgan fingerprint density at radius 2 is 1.25 bits per heavy atom. The van der Waals surface area contributed by atoms with Crippen LogP contribution in [0.2, 0.25) is 0 Å². The summed E-state index contributed by atoms with van der Waals surface area (Å²) in [6, 6.07) is 7.09. The fraction of sp³-hybridized carbons (Fsp3) is 0. The van der Waals surface area contributed by atoms with E-state index in [1.807, 2.05) is 0 Å². The van der Waals surface area contributed by atoms with Crippen molar-refractivity contribution in [3.8, 4) is 0 Å². The molecule has 1 aromatic rings. The van der Waals surface area contributed by atoms with Gasteiger partial charge in [0.25, 0.3) is 5.24 Å². The van der Waals surface area contributed by atoms with Crippen molar-refractivity contribution in [2.45, 2.75) is 0 Å². The van der Waals surface area contributed by atoms with Crippen molar-refractivity contribution in [3.05, 3.63) is 24.3 Å². The molecule has 0 unspecified atom stereocenters. The van der Waals surface area contributed by atoms with Crippen molar-refractivity contribution < 1.29 is 4.79 Å². The summed E-state index contributed by atoms with van der Waals surface area (Å²) < 4.78 is 0. The molecule has 0 saturated heterocycles. The minimum absolute atomic E-state index is 0.639. The van der Waals surface area contributed by atoms with Crippen molar-refractivity contribution in [2.24, 2.45) is 5.73 Å². The number of amides is 1. The molecule has 5 heteroatoms. The lowest BCUT2D eigenvalue weighted by Gasteiger charge is -1.90. The third kappa shape index (κ3) is 6.76. The van der Waals surface area contributed by atoms with E-state index in [1.165, 1.54) is 0 Å². The number of thiol groups is 1. The van der Waals surface area contributed by atoms with Gasteiger partial charge in [-0.3, -0.25) is 4.79 Å². The Balaban J connectivity index is 0.000000261. The number of hydrogen-bond donors (Lipinski definition) is 4. The molecule has 0 aliphatic rings. The van der Waals surface area contributed by atoms with E-state index in [4.69, 9.17) is 16.3 Å². The number of rotatable bonds is 0. The smallest absolute Gasteiger partial charge is 0.273 e. The number of nitrogen functional groups attached to an aromatic ring is 2. The normalized spacial score (nSPS) is 8.08. The molecule has 0 bridgehead atoms. The molecule has 0 atom stereocenters. The maximum absolute atomic E-state index is 9.09. The maximum atomic E-state index is 9.09. The van der Waals surface area contributed by atoms with Crippen LogP contribution in [-0.2, 0) is 0 Å². The molecular weight excluding hydrogens is 174 g/mol. The van der Waals surface area contributed by atoms with Crippen LogP contribution in [0.15, 0.2) is 24.3 Å². The van der Waals surface area contributed by atoms with Gasteiger partial charge in [-0.25, -0.2) is 0 Å². The van der Waals surface area contributed by atoms with Crippen molar-refractivity contribution in [2.75, 3.05) is 11.5 Å². The Labute approximate surface area is 76.1 Å². The van der Waals surface area contributed by atoms with E-state index in [0.29, 0.717) is 0 Å². The highest BCUT2D eigenvalue weighted by Crippen LogP contribution is 2.04. The molecule has 0 fully saturated rings. The second kappa shape index (κ2) is 5.31. The zero-order valence-corrected chi connectivity index (χ0v) is 7.29. The van der Waals surface area contributed by atoms with Crippen LogP contribution in [0.3, 0.4) is 0 Å². The van der Waals surface area contributed by atoms with Gasteiger partial charge in [0.05, 0.1) is 0 Å². The standard InChI is InChI=1S/C6H8N2.CH3NOS/c7-5-1-2-6(8)4-3-5;2-1(3)4/h1-4H,7-8H2;(H3,2,3,4). The molecule has 0 heterocycles. The summed E-state index contributed by atoms with van der Waals surface area (Å²) in [5.74, 6) is 0. The van der Waals surface area contributed by atoms with Gasteiger partial charge in [0.1, 0.15) is 0 Å². The summed E-state index contributed by atoms with van der Waals surface area (Å²) in [7, 11) is 0. The van der Waals surface area contributed by atoms with Gasteiger partial charge in [0.2, 0.25) is 0 Å². The van der Waals surface area contributed by atoms with Crippen molar-refractivity contribution in [3.63, 3.8) is 0 Å². The summed E-state index contributed by atoms with van der Waals surface area (Å²) in [5.41, 5.74) is 16.6. The molecule has 1 rings (SSSR count). The Morgan fingerprint density at radius 1 is 1.08 bits per heavy atom. The molecule has 0 aromatic heterocycles. The topological polar surface area (TPSA) is 95.1 Å². The zero-order valence-electron chi connectivity index (χ0n) is 6.40. The summed E-state index contributed by atoms with van der Waals surface area (Å²) in [6.07, 6.45) is 0. The van der Waals surface area contributed by atoms with Gasteiger partial charge >= 0.3 is 0 Å². The van der Waals surface area contributed by atoms with E-state index < -0.39 is 5.24 Å². The van der Waals surface area contributed by atoms with E-state index in [-0.39, 0.29) is 0 Å². The Bertz CT molecular complexity index is 222. The number of anilines is 2. The first-order chi connectivity index (χ1) is 5.52. The second-order valence-electron chi connectivity index (χ2n) is 2.00. The van der Waals surface area contributed by atoms with Crippen LogP contribution in [0, 0.1) is 0 Å². The van der Waals surface area contributed by atoms with Crippen molar-refractivity contribution >= 4 is 29.2 Å². The summed E-state index contributed by atoms with van der Waals surface area (Å²) in [6.45, 7) is 0. The van der Waals surface area contributed by atoms with Gasteiger partial charge in [0.15, 0.2) is 0 Å². The van der Waals surface area contributed by atoms with Gasteiger partial charge < -0.3 is 17.2 Å². The largest absolute Gasteiger partial charge is 0.399 e. The Kier molecular flexibility index (Phi) is 4.71. The number of benzene rings is 1. The molecule has 0 aliphatic heterocycles. The summed E-state index contributed by atoms with van der Waals surface area (Å²) >= 11 is 3.10. The Hall–Kier alpha value is -1.36. The fourth-order valence-corrected chi connectivity index (χ4v) is 0.496. The van der Waals surface area contributed by atoms with Crippen molar-refractivity contribution in [1.82, 2.24) is 0 Å². The number of hydrogen-bond acceptors (Lipinski definition) is 3. The third-order valence-electron chi connectivity index (χ3n) is 0.936. The highest BCUT2D eigenvalue weighted by atomic mass is 32.1. The minimum Gasteiger partial charge on any atom is -0.399 e. The van der Waals surface area contributed by atoms with Crippen LogP contribution in [-0.4, -0.2) is 5.24 Å². The van der Waals surface area contributed by atoms with Gasteiger partial charge in [-0.1, -0.05) is 12.6 Å². The molecule has 12 heavy (non-hydrogen) atoms. The Morgan fingerprint density at radius 3 is 1.42 bits per heavy atom. The minimum atomic E-state index is -0.639. The van der Waals surface area contributed by atoms with Gasteiger partial charge in [-0.05, 0) is 24.3 Å². The predicted octanol–water partition coefficient (Wildman–Crippen LogP) is 0.846. The average Bonchev–Trinajstić information content (AvgIpc) is 1.94. The highest BCUT2D eigenvalue weighted by Gasteiger charge is 1.80. The number of primary amides is 1. The molecule has 0 aliphatic carbocycles. The fourth-order valence-electron chi connectivity index (χ4n) is 0.496. The number of carbonyl (C=O) groups excluding carboxylic acids is 1. The number of nitrogens with two attached hydrogens (primary N) is 3. The summed E-state index contributed by atoms with van der Waals surface area (Å²) in [4.78, 5) is 9.09. The molecule has 4 nitrogen and oxygen atoms in total. The third-order valence-corrected chi connectivity index (χ3v) is 0.936. The average molecular weight is 185 g/mol. The SMILES string of the molecule is NC(=O)S.Nc1ccc(N)cc1. The summed E-state index contributed by atoms with van der Waals surface area (Å²) in [5, 5.41) is -0.639. The van der Waals surface area contributed by atoms with E-state index in [0.717, 1.165) is 11.4 Å². The molecule has 6 N–H and O–H groups in total. The monoisotopic (exact) mass is 185 g/mol. The van der Waals surface area contributed by atoms with Crippen LogP contribution < -0.4 is 17.2 Å². The predicted molar refractivity (Wildman–Crippen MR) is 53.8 cm³/mol. The molecular formula is C7H11N3OS. The molecule has 66 valence electrons. The molecule has 1 amide bonds. The molecule has 0 radical (unpaired) electrons. The van der Waals surface area contributed by atoms with Crippen LogP contribution >= 0.6 is 12.6 Å². The molecule has 0 spiro atoms. The number of carbonyl (C=O) groups is 1. The first-order valence-corrected chi connectivity index (χ1v) is 3.56. The molecule has 0 saturated carbocycles.